The third kappa shape index (κ3) is 0.763. The molecule has 14 heavy (non-hydrogen) atoms. The summed E-state index contributed by atoms with van der Waals surface area (Å²) in [6, 6.07) is 0. The fourth-order valence-corrected chi connectivity index (χ4v) is 3.81. The molecule has 0 radical (unpaired) electrons. The van der Waals surface area contributed by atoms with Gasteiger partial charge in [-0.25, -0.2) is 0 Å². The molecule has 1 spiro atoms. The summed E-state index contributed by atoms with van der Waals surface area (Å²) in [7, 11) is 0. The lowest BCUT2D eigenvalue weighted by Gasteiger charge is -2.64. The molecule has 0 aromatic heterocycles. The smallest absolute Gasteiger partial charge is 0.177 e. The van der Waals surface area contributed by atoms with Crippen molar-refractivity contribution >= 4 is 0 Å². The summed E-state index contributed by atoms with van der Waals surface area (Å²) in [6.45, 7) is 6.13. The monoisotopic (exact) mass is 194 g/mol. The molecule has 78 valence electrons. The maximum atomic E-state index is 5.91. The first kappa shape index (κ1) is 8.93. The first-order chi connectivity index (χ1) is 6.71. The second-order valence-electron chi connectivity index (χ2n) is 5.06. The van der Waals surface area contributed by atoms with E-state index in [1.165, 1.54) is 12.8 Å². The molecule has 3 unspecified atom stereocenters. The minimum Gasteiger partial charge on any atom is -0.347 e. The molecule has 0 bridgehead atoms. The van der Waals surface area contributed by atoms with Gasteiger partial charge in [-0.15, -0.1) is 0 Å². The Kier molecular flexibility index (Phi) is 1.67. The van der Waals surface area contributed by atoms with E-state index in [1.54, 1.807) is 0 Å². The number of rotatable bonds is 0. The van der Waals surface area contributed by atoms with Crippen LogP contribution in [0.2, 0.25) is 0 Å². The van der Waals surface area contributed by atoms with Crippen LogP contribution in [0.3, 0.4) is 0 Å². The van der Waals surface area contributed by atoms with Crippen LogP contribution < -0.4 is 0 Å². The van der Waals surface area contributed by atoms with E-state index in [0.29, 0.717) is 11.8 Å². The Hall–Kier alpha value is -0.340. The van der Waals surface area contributed by atoms with Crippen LogP contribution in [0.4, 0.5) is 0 Å². The summed E-state index contributed by atoms with van der Waals surface area (Å²) in [5.41, 5.74) is 0.234. The number of hydrogen-bond acceptors (Lipinski definition) is 2. The average molecular weight is 194 g/mol. The number of hydrogen-bond donors (Lipinski definition) is 0. The first-order valence-electron chi connectivity index (χ1n) is 5.65. The molecule has 2 aliphatic carbocycles. The highest BCUT2D eigenvalue weighted by Crippen LogP contribution is 2.66. The van der Waals surface area contributed by atoms with Gasteiger partial charge in [-0.05, 0) is 18.8 Å². The van der Waals surface area contributed by atoms with Crippen molar-refractivity contribution in [2.75, 3.05) is 13.2 Å². The molecule has 0 amide bonds. The first-order valence-corrected chi connectivity index (χ1v) is 5.65. The predicted octanol–water partition coefficient (Wildman–Crippen LogP) is 2.35. The van der Waals surface area contributed by atoms with E-state index in [2.05, 4.69) is 26.0 Å². The number of ether oxygens (including phenoxy) is 2. The number of allylic oxidation sites excluding steroid dienone is 2. The SMILES string of the molecule is CC1C2C=CCCC2(C)C12OCCO2. The van der Waals surface area contributed by atoms with Crippen molar-refractivity contribution in [3.63, 3.8) is 0 Å². The minimum atomic E-state index is -0.248. The largest absolute Gasteiger partial charge is 0.347 e. The molecule has 2 nitrogen and oxygen atoms in total. The zero-order valence-corrected chi connectivity index (χ0v) is 8.95. The Balaban J connectivity index is 1.98. The molecule has 1 saturated carbocycles. The molecule has 0 aromatic rings. The normalized spacial score (nSPS) is 49.0. The van der Waals surface area contributed by atoms with E-state index in [4.69, 9.17) is 9.47 Å². The van der Waals surface area contributed by atoms with E-state index in [-0.39, 0.29) is 11.2 Å². The van der Waals surface area contributed by atoms with Crippen LogP contribution in [0.15, 0.2) is 12.2 Å². The fraction of sp³-hybridized carbons (Fsp3) is 0.833. The average Bonchev–Trinajstić information content (AvgIpc) is 2.69. The van der Waals surface area contributed by atoms with E-state index in [1.807, 2.05) is 0 Å². The molecule has 3 aliphatic rings. The molecule has 0 N–H and O–H groups in total. The molecule has 3 rings (SSSR count). The van der Waals surface area contributed by atoms with Crippen LogP contribution in [0.1, 0.15) is 26.7 Å². The molecule has 1 saturated heterocycles. The molecule has 2 heteroatoms. The van der Waals surface area contributed by atoms with Gasteiger partial charge in [0.2, 0.25) is 0 Å². The van der Waals surface area contributed by atoms with E-state index in [0.717, 1.165) is 13.2 Å². The van der Waals surface area contributed by atoms with Crippen LogP contribution in [0.25, 0.3) is 0 Å². The van der Waals surface area contributed by atoms with Gasteiger partial charge in [0.25, 0.3) is 0 Å². The van der Waals surface area contributed by atoms with Crippen molar-refractivity contribution in [3.8, 4) is 0 Å². The van der Waals surface area contributed by atoms with Crippen molar-refractivity contribution in [1.82, 2.24) is 0 Å². The molecule has 3 atom stereocenters. The minimum absolute atomic E-state index is 0.234. The van der Waals surface area contributed by atoms with Crippen LogP contribution >= 0.6 is 0 Å². The van der Waals surface area contributed by atoms with Gasteiger partial charge in [-0.1, -0.05) is 26.0 Å². The van der Waals surface area contributed by atoms with Crippen molar-refractivity contribution in [2.45, 2.75) is 32.5 Å². The van der Waals surface area contributed by atoms with Crippen molar-refractivity contribution < 1.29 is 9.47 Å². The lowest BCUT2D eigenvalue weighted by Crippen LogP contribution is -2.69. The zero-order chi connectivity index (χ0) is 9.81. The van der Waals surface area contributed by atoms with Gasteiger partial charge in [0.15, 0.2) is 5.79 Å². The molecule has 0 aromatic carbocycles. The van der Waals surface area contributed by atoms with Crippen molar-refractivity contribution in [1.29, 1.82) is 0 Å². The molecule has 1 heterocycles. The maximum Gasteiger partial charge on any atom is 0.177 e. The summed E-state index contributed by atoms with van der Waals surface area (Å²) in [6.07, 6.45) is 7.06. The summed E-state index contributed by atoms with van der Waals surface area (Å²) >= 11 is 0. The lowest BCUT2D eigenvalue weighted by molar-refractivity contribution is -0.353. The summed E-state index contributed by atoms with van der Waals surface area (Å²) in [4.78, 5) is 0. The highest BCUT2D eigenvalue weighted by atomic mass is 16.7. The Morgan fingerprint density at radius 2 is 2.00 bits per heavy atom. The zero-order valence-electron chi connectivity index (χ0n) is 8.95. The molecule has 1 aliphatic heterocycles. The Bertz CT molecular complexity index is 278. The van der Waals surface area contributed by atoms with Crippen LogP contribution in [-0.4, -0.2) is 19.0 Å². The third-order valence-electron chi connectivity index (χ3n) is 4.56. The predicted molar refractivity (Wildman–Crippen MR) is 53.8 cm³/mol. The van der Waals surface area contributed by atoms with Crippen molar-refractivity contribution in [2.24, 2.45) is 17.3 Å². The highest BCUT2D eigenvalue weighted by molar-refractivity contribution is 5.21. The van der Waals surface area contributed by atoms with Gasteiger partial charge < -0.3 is 9.47 Å². The van der Waals surface area contributed by atoms with Gasteiger partial charge >= 0.3 is 0 Å². The van der Waals surface area contributed by atoms with Gasteiger partial charge in [0.05, 0.1) is 13.2 Å². The quantitative estimate of drug-likeness (QED) is 0.551. The van der Waals surface area contributed by atoms with E-state index >= 15 is 0 Å². The third-order valence-corrected chi connectivity index (χ3v) is 4.56. The molecule has 2 fully saturated rings. The fourth-order valence-electron chi connectivity index (χ4n) is 3.81. The topological polar surface area (TPSA) is 18.5 Å². The standard InChI is InChI=1S/C12H18O2/c1-9-10-5-3-4-6-11(10,2)12(9)13-7-8-14-12/h3,5,9-10H,4,6-8H2,1-2H3. The van der Waals surface area contributed by atoms with Crippen molar-refractivity contribution in [3.05, 3.63) is 12.2 Å². The Morgan fingerprint density at radius 1 is 1.29 bits per heavy atom. The van der Waals surface area contributed by atoms with Gasteiger partial charge in [-0.3, -0.25) is 0 Å². The summed E-state index contributed by atoms with van der Waals surface area (Å²) in [5.74, 6) is 0.934. The van der Waals surface area contributed by atoms with Gasteiger partial charge in [0.1, 0.15) is 0 Å². The van der Waals surface area contributed by atoms with Gasteiger partial charge in [0, 0.05) is 11.3 Å². The Morgan fingerprint density at radius 3 is 2.71 bits per heavy atom. The second kappa shape index (κ2) is 2.61. The van der Waals surface area contributed by atoms with E-state index in [9.17, 15) is 0 Å². The molecular formula is C12H18O2. The maximum absolute atomic E-state index is 5.91. The summed E-state index contributed by atoms with van der Waals surface area (Å²) in [5, 5.41) is 0. The summed E-state index contributed by atoms with van der Waals surface area (Å²) < 4.78 is 11.8. The van der Waals surface area contributed by atoms with Crippen LogP contribution in [0.5, 0.6) is 0 Å². The van der Waals surface area contributed by atoms with E-state index < -0.39 is 0 Å². The highest BCUT2D eigenvalue weighted by Gasteiger charge is 2.70. The second-order valence-corrected chi connectivity index (χ2v) is 5.06. The Labute approximate surface area is 85.3 Å². The number of fused-ring (bicyclic) bond motifs is 2. The molecular weight excluding hydrogens is 176 g/mol. The van der Waals surface area contributed by atoms with Crippen LogP contribution in [0, 0.1) is 17.3 Å². The lowest BCUT2D eigenvalue weighted by atomic mass is 9.47. The van der Waals surface area contributed by atoms with Crippen LogP contribution in [-0.2, 0) is 9.47 Å². The van der Waals surface area contributed by atoms with Gasteiger partial charge in [-0.2, -0.15) is 0 Å².